The minimum absolute atomic E-state index is 0. The molecule has 0 amide bonds. The van der Waals surface area contributed by atoms with E-state index in [0.717, 1.165) is 22.7 Å². The standard InChI is InChI=1S/C13H19ClN2S.ClH/c14-13-5-4-10(17-13)7-16-6-9-2-1-3-12(15)11(9)8-16;/h4-5,9,11-12H,1-3,6-8,15H2;1H. The van der Waals surface area contributed by atoms with Gasteiger partial charge < -0.3 is 5.73 Å². The molecule has 3 unspecified atom stereocenters. The Hall–Kier alpha value is 0.200. The maximum atomic E-state index is 6.23. The lowest BCUT2D eigenvalue weighted by Crippen LogP contribution is -2.38. The molecule has 1 aromatic rings. The molecule has 2 heterocycles. The van der Waals surface area contributed by atoms with Crippen LogP contribution >= 0.6 is 35.3 Å². The molecule has 0 radical (unpaired) electrons. The normalized spacial score (nSPS) is 32.0. The first-order valence-corrected chi connectivity index (χ1v) is 7.64. The van der Waals surface area contributed by atoms with E-state index in [2.05, 4.69) is 11.0 Å². The van der Waals surface area contributed by atoms with E-state index in [0.29, 0.717) is 6.04 Å². The van der Waals surface area contributed by atoms with Gasteiger partial charge in [0, 0.05) is 30.6 Å². The summed E-state index contributed by atoms with van der Waals surface area (Å²) < 4.78 is 0.897. The Balaban J connectivity index is 0.00000120. The van der Waals surface area contributed by atoms with Gasteiger partial charge in [-0.1, -0.05) is 18.0 Å². The highest BCUT2D eigenvalue weighted by atomic mass is 35.5. The van der Waals surface area contributed by atoms with Gasteiger partial charge in [0.15, 0.2) is 0 Å². The van der Waals surface area contributed by atoms with E-state index in [9.17, 15) is 0 Å². The summed E-state index contributed by atoms with van der Waals surface area (Å²) in [7, 11) is 0. The van der Waals surface area contributed by atoms with Gasteiger partial charge in [0.25, 0.3) is 0 Å². The van der Waals surface area contributed by atoms with Crippen molar-refractivity contribution in [2.75, 3.05) is 13.1 Å². The van der Waals surface area contributed by atoms with Gasteiger partial charge in [-0.15, -0.1) is 23.7 Å². The van der Waals surface area contributed by atoms with Crippen molar-refractivity contribution in [2.24, 2.45) is 17.6 Å². The Kier molecular flexibility index (Phi) is 4.95. The molecule has 2 aliphatic rings. The Bertz CT molecular complexity index is 396. The molecule has 2 N–H and O–H groups in total. The van der Waals surface area contributed by atoms with Crippen molar-refractivity contribution in [3.8, 4) is 0 Å². The third kappa shape index (κ3) is 3.02. The van der Waals surface area contributed by atoms with Crippen LogP contribution in [0.4, 0.5) is 0 Å². The van der Waals surface area contributed by atoms with Crippen molar-refractivity contribution in [1.82, 2.24) is 4.90 Å². The minimum atomic E-state index is 0. The largest absolute Gasteiger partial charge is 0.327 e. The summed E-state index contributed by atoms with van der Waals surface area (Å²) in [5, 5.41) is 0. The molecular weight excluding hydrogens is 287 g/mol. The summed E-state index contributed by atoms with van der Waals surface area (Å²) in [6.45, 7) is 3.46. The first kappa shape index (κ1) is 14.6. The Morgan fingerprint density at radius 2 is 2.17 bits per heavy atom. The number of hydrogen-bond donors (Lipinski definition) is 1. The lowest BCUT2D eigenvalue weighted by Gasteiger charge is -2.29. The molecule has 1 aliphatic carbocycles. The molecule has 1 aliphatic heterocycles. The minimum Gasteiger partial charge on any atom is -0.327 e. The molecule has 0 bridgehead atoms. The van der Waals surface area contributed by atoms with Crippen LogP contribution < -0.4 is 5.73 Å². The Morgan fingerprint density at radius 1 is 1.33 bits per heavy atom. The fourth-order valence-electron chi connectivity index (χ4n) is 3.40. The third-order valence-electron chi connectivity index (χ3n) is 4.24. The summed E-state index contributed by atoms with van der Waals surface area (Å²) in [6, 6.07) is 4.58. The second-order valence-corrected chi connectivity index (χ2v) is 7.22. The molecular formula is C13H20Cl2N2S. The molecule has 2 fully saturated rings. The van der Waals surface area contributed by atoms with Crippen LogP contribution in [-0.2, 0) is 6.54 Å². The maximum Gasteiger partial charge on any atom is 0.0931 e. The molecule has 1 aromatic heterocycles. The SMILES string of the molecule is Cl.NC1CCCC2CN(Cc3ccc(Cl)s3)CC12. The first-order valence-electron chi connectivity index (χ1n) is 6.44. The molecule has 3 atom stereocenters. The van der Waals surface area contributed by atoms with Gasteiger partial charge in [-0.3, -0.25) is 4.90 Å². The Labute approximate surface area is 124 Å². The van der Waals surface area contributed by atoms with Crippen molar-refractivity contribution >= 4 is 35.3 Å². The van der Waals surface area contributed by atoms with Crippen LogP contribution in [0.25, 0.3) is 0 Å². The Morgan fingerprint density at radius 3 is 2.83 bits per heavy atom. The second kappa shape index (κ2) is 6.10. The van der Waals surface area contributed by atoms with E-state index in [1.54, 1.807) is 11.3 Å². The number of likely N-dealkylation sites (tertiary alicyclic amines) is 1. The molecule has 2 nitrogen and oxygen atoms in total. The van der Waals surface area contributed by atoms with Crippen LogP contribution in [0.5, 0.6) is 0 Å². The van der Waals surface area contributed by atoms with E-state index in [1.165, 1.54) is 37.2 Å². The molecule has 3 rings (SSSR count). The summed E-state index contributed by atoms with van der Waals surface area (Å²) in [4.78, 5) is 3.94. The highest BCUT2D eigenvalue weighted by molar-refractivity contribution is 7.16. The fraction of sp³-hybridized carbons (Fsp3) is 0.692. The van der Waals surface area contributed by atoms with Crippen LogP contribution in [0.1, 0.15) is 24.1 Å². The van der Waals surface area contributed by atoms with Crippen molar-refractivity contribution in [2.45, 2.75) is 31.8 Å². The van der Waals surface area contributed by atoms with E-state index < -0.39 is 0 Å². The van der Waals surface area contributed by atoms with Crippen LogP contribution in [0.15, 0.2) is 12.1 Å². The number of rotatable bonds is 2. The zero-order valence-corrected chi connectivity index (χ0v) is 12.7. The molecule has 18 heavy (non-hydrogen) atoms. The van der Waals surface area contributed by atoms with Crippen molar-refractivity contribution < 1.29 is 0 Å². The highest BCUT2D eigenvalue weighted by Crippen LogP contribution is 2.36. The van der Waals surface area contributed by atoms with Crippen molar-refractivity contribution in [3.63, 3.8) is 0 Å². The quantitative estimate of drug-likeness (QED) is 0.907. The van der Waals surface area contributed by atoms with Gasteiger partial charge >= 0.3 is 0 Å². The summed E-state index contributed by atoms with van der Waals surface area (Å²) >= 11 is 7.67. The number of nitrogens with zero attached hydrogens (tertiary/aromatic N) is 1. The van der Waals surface area contributed by atoms with Gasteiger partial charge in [0.05, 0.1) is 4.34 Å². The number of fused-ring (bicyclic) bond motifs is 1. The lowest BCUT2D eigenvalue weighted by atomic mass is 9.78. The molecule has 5 heteroatoms. The predicted molar refractivity (Wildman–Crippen MR) is 80.7 cm³/mol. The van der Waals surface area contributed by atoms with Gasteiger partial charge in [-0.2, -0.15) is 0 Å². The molecule has 1 saturated carbocycles. The van der Waals surface area contributed by atoms with Gasteiger partial charge in [0.1, 0.15) is 0 Å². The number of halogens is 2. The monoisotopic (exact) mass is 306 g/mol. The predicted octanol–water partition coefficient (Wildman–Crippen LogP) is 3.38. The van der Waals surface area contributed by atoms with E-state index >= 15 is 0 Å². The van der Waals surface area contributed by atoms with Crippen molar-refractivity contribution in [1.29, 1.82) is 0 Å². The number of nitrogens with two attached hydrogens (primary N) is 1. The van der Waals surface area contributed by atoms with Crippen LogP contribution in [-0.4, -0.2) is 24.0 Å². The zero-order valence-electron chi connectivity index (χ0n) is 10.3. The summed E-state index contributed by atoms with van der Waals surface area (Å²) in [5.41, 5.74) is 6.23. The average Bonchev–Trinajstić information content (AvgIpc) is 2.86. The van der Waals surface area contributed by atoms with Crippen molar-refractivity contribution in [3.05, 3.63) is 21.3 Å². The van der Waals surface area contributed by atoms with E-state index in [-0.39, 0.29) is 12.4 Å². The molecule has 102 valence electrons. The summed E-state index contributed by atoms with van der Waals surface area (Å²) in [5.74, 6) is 1.58. The van der Waals surface area contributed by atoms with Gasteiger partial charge in [-0.05, 0) is 36.8 Å². The lowest BCUT2D eigenvalue weighted by molar-refractivity contribution is 0.259. The number of hydrogen-bond acceptors (Lipinski definition) is 3. The average molecular weight is 307 g/mol. The van der Waals surface area contributed by atoms with Gasteiger partial charge in [-0.25, -0.2) is 0 Å². The van der Waals surface area contributed by atoms with Crippen LogP contribution in [0, 0.1) is 11.8 Å². The fourth-order valence-corrected chi connectivity index (χ4v) is 4.53. The third-order valence-corrected chi connectivity index (χ3v) is 5.45. The molecule has 0 aromatic carbocycles. The summed E-state index contributed by atoms with van der Waals surface area (Å²) in [6.07, 6.45) is 3.92. The zero-order chi connectivity index (χ0) is 11.8. The van der Waals surface area contributed by atoms with E-state index in [4.69, 9.17) is 17.3 Å². The second-order valence-electron chi connectivity index (χ2n) is 5.42. The number of thiophene rings is 1. The van der Waals surface area contributed by atoms with Crippen LogP contribution in [0.2, 0.25) is 4.34 Å². The topological polar surface area (TPSA) is 29.3 Å². The molecule has 1 saturated heterocycles. The smallest absolute Gasteiger partial charge is 0.0931 e. The van der Waals surface area contributed by atoms with E-state index in [1.807, 2.05) is 6.07 Å². The first-order chi connectivity index (χ1) is 8.22. The molecule has 0 spiro atoms. The highest BCUT2D eigenvalue weighted by Gasteiger charge is 2.38. The van der Waals surface area contributed by atoms with Gasteiger partial charge in [0.2, 0.25) is 0 Å². The van der Waals surface area contributed by atoms with Crippen LogP contribution in [0.3, 0.4) is 0 Å². The maximum absolute atomic E-state index is 6.23.